The number of benzene rings is 2. The number of para-hydroxylation sites is 2. The summed E-state index contributed by atoms with van der Waals surface area (Å²) >= 11 is 1.22. The fraction of sp³-hybridized carbons (Fsp3) is 0.250. The highest BCUT2D eigenvalue weighted by Gasteiger charge is 2.33. The minimum Gasteiger partial charge on any atom is -0.506 e. The molecule has 0 atom stereocenters. The SMILES string of the molecule is CCOC(=O)C1=C(O)/C(=C\c2cn(CC(=O)N3CCCC3)c3ccccc23)SC1=Nc1ccccc1. The highest BCUT2D eigenvalue weighted by molar-refractivity contribution is 8.18. The maximum Gasteiger partial charge on any atom is 0.344 e. The first kappa shape index (κ1) is 23.9. The van der Waals surface area contributed by atoms with Crippen LogP contribution in [-0.2, 0) is 20.9 Å². The van der Waals surface area contributed by atoms with Gasteiger partial charge in [0, 0.05) is 35.8 Å². The average Bonchev–Trinajstić information content (AvgIpc) is 3.60. The molecule has 2 aliphatic rings. The molecule has 5 rings (SSSR count). The smallest absolute Gasteiger partial charge is 0.344 e. The standard InChI is InChI=1S/C28H27N3O4S/c1-2-35-28(34)25-26(33)23(36-27(25)29-20-10-4-3-5-11-20)16-19-17-31(22-13-7-6-12-21(19)22)18-24(32)30-14-8-9-15-30/h3-7,10-13,16-17,33H,2,8-9,14-15,18H2,1H3/b23-16+,29-27?. The molecule has 184 valence electrons. The third-order valence-electron chi connectivity index (χ3n) is 6.23. The molecule has 0 aliphatic carbocycles. The molecule has 0 radical (unpaired) electrons. The van der Waals surface area contributed by atoms with Crippen LogP contribution in [0.4, 0.5) is 5.69 Å². The van der Waals surface area contributed by atoms with Gasteiger partial charge in [0.15, 0.2) is 0 Å². The number of hydrogen-bond acceptors (Lipinski definition) is 6. The zero-order chi connectivity index (χ0) is 25.1. The van der Waals surface area contributed by atoms with E-state index in [9.17, 15) is 14.7 Å². The summed E-state index contributed by atoms with van der Waals surface area (Å²) in [7, 11) is 0. The van der Waals surface area contributed by atoms with E-state index in [2.05, 4.69) is 4.99 Å². The van der Waals surface area contributed by atoms with Gasteiger partial charge in [0.2, 0.25) is 5.91 Å². The molecule has 1 saturated heterocycles. The Hall–Kier alpha value is -3.78. The van der Waals surface area contributed by atoms with E-state index in [1.807, 2.05) is 76.3 Å². The van der Waals surface area contributed by atoms with E-state index in [1.54, 1.807) is 6.92 Å². The lowest BCUT2D eigenvalue weighted by Crippen LogP contribution is -2.30. The number of aliphatic hydroxyl groups excluding tert-OH is 1. The van der Waals surface area contributed by atoms with Gasteiger partial charge >= 0.3 is 5.97 Å². The number of hydrogen-bond donors (Lipinski definition) is 1. The Morgan fingerprint density at radius 3 is 2.56 bits per heavy atom. The Bertz CT molecular complexity index is 1400. The Morgan fingerprint density at radius 2 is 1.81 bits per heavy atom. The fourth-order valence-electron chi connectivity index (χ4n) is 4.49. The lowest BCUT2D eigenvalue weighted by molar-refractivity contribution is -0.138. The predicted molar refractivity (Wildman–Crippen MR) is 143 cm³/mol. The monoisotopic (exact) mass is 501 g/mol. The van der Waals surface area contributed by atoms with Gasteiger partial charge < -0.3 is 19.3 Å². The van der Waals surface area contributed by atoms with Crippen molar-refractivity contribution in [3.63, 3.8) is 0 Å². The van der Waals surface area contributed by atoms with Crippen LogP contribution in [0.1, 0.15) is 25.3 Å². The number of nitrogens with zero attached hydrogens (tertiary/aromatic N) is 3. The first-order chi connectivity index (χ1) is 17.5. The topological polar surface area (TPSA) is 84.1 Å². The molecule has 1 aromatic heterocycles. The third kappa shape index (κ3) is 4.81. The van der Waals surface area contributed by atoms with Crippen LogP contribution in [0.3, 0.4) is 0 Å². The van der Waals surface area contributed by atoms with Gasteiger partial charge in [-0.25, -0.2) is 9.79 Å². The van der Waals surface area contributed by atoms with Crippen LogP contribution in [0.5, 0.6) is 0 Å². The lowest BCUT2D eigenvalue weighted by atomic mass is 10.1. The summed E-state index contributed by atoms with van der Waals surface area (Å²) in [4.78, 5) is 32.6. The van der Waals surface area contributed by atoms with Crippen LogP contribution in [0.15, 0.2) is 82.0 Å². The highest BCUT2D eigenvalue weighted by atomic mass is 32.2. The molecule has 0 unspecified atom stereocenters. The number of esters is 1. The zero-order valence-corrected chi connectivity index (χ0v) is 20.8. The van der Waals surface area contributed by atoms with Gasteiger partial charge in [-0.1, -0.05) is 48.2 Å². The van der Waals surface area contributed by atoms with Crippen molar-refractivity contribution in [2.75, 3.05) is 19.7 Å². The lowest BCUT2D eigenvalue weighted by Gasteiger charge is -2.15. The van der Waals surface area contributed by atoms with Crippen LogP contribution in [0.2, 0.25) is 0 Å². The first-order valence-electron chi connectivity index (χ1n) is 12.0. The maximum atomic E-state index is 12.8. The third-order valence-corrected chi connectivity index (χ3v) is 7.25. The molecule has 1 N–H and O–H groups in total. The molecular formula is C28H27N3O4S. The maximum absolute atomic E-state index is 12.8. The van der Waals surface area contributed by atoms with Gasteiger partial charge in [-0.05, 0) is 44.0 Å². The van der Waals surface area contributed by atoms with Crippen molar-refractivity contribution in [3.05, 3.63) is 82.6 Å². The quantitative estimate of drug-likeness (QED) is 0.454. The van der Waals surface area contributed by atoms with Crippen LogP contribution in [0.25, 0.3) is 17.0 Å². The molecule has 3 aromatic rings. The van der Waals surface area contributed by atoms with Gasteiger partial charge in [0.05, 0.1) is 17.2 Å². The molecule has 2 aliphatic heterocycles. The number of thioether (sulfide) groups is 1. The number of aliphatic imine (C=N–C) groups is 1. The van der Waals surface area contributed by atoms with E-state index in [4.69, 9.17) is 4.74 Å². The summed E-state index contributed by atoms with van der Waals surface area (Å²) in [6.07, 6.45) is 5.86. The Kier molecular flexibility index (Phi) is 6.95. The number of amides is 1. The number of fused-ring (bicyclic) bond motifs is 1. The summed E-state index contributed by atoms with van der Waals surface area (Å²) in [5.74, 6) is -0.662. The summed E-state index contributed by atoms with van der Waals surface area (Å²) < 4.78 is 7.16. The molecule has 1 fully saturated rings. The number of carbonyl (C=O) groups is 2. The minimum atomic E-state index is -0.612. The normalized spacial score (nSPS) is 18.1. The second-order valence-electron chi connectivity index (χ2n) is 8.62. The molecule has 8 heteroatoms. The second kappa shape index (κ2) is 10.5. The van der Waals surface area contributed by atoms with Gasteiger partial charge in [0.1, 0.15) is 22.9 Å². The van der Waals surface area contributed by atoms with Crippen molar-refractivity contribution in [2.24, 2.45) is 4.99 Å². The van der Waals surface area contributed by atoms with Crippen LogP contribution < -0.4 is 0 Å². The molecule has 36 heavy (non-hydrogen) atoms. The van der Waals surface area contributed by atoms with E-state index in [0.717, 1.165) is 42.4 Å². The van der Waals surface area contributed by atoms with Crippen molar-refractivity contribution in [3.8, 4) is 0 Å². The first-order valence-corrected chi connectivity index (χ1v) is 12.9. The number of likely N-dealkylation sites (tertiary alicyclic amines) is 1. The molecule has 0 saturated carbocycles. The Morgan fingerprint density at radius 1 is 1.08 bits per heavy atom. The number of carbonyl (C=O) groups excluding carboxylic acids is 2. The Balaban J connectivity index is 1.53. The van der Waals surface area contributed by atoms with Crippen LogP contribution in [-0.4, -0.2) is 51.2 Å². The van der Waals surface area contributed by atoms with Gasteiger partial charge in [-0.3, -0.25) is 4.79 Å². The molecule has 2 aromatic carbocycles. The molecule has 7 nitrogen and oxygen atoms in total. The van der Waals surface area contributed by atoms with Gasteiger partial charge in [0.25, 0.3) is 0 Å². The second-order valence-corrected chi connectivity index (χ2v) is 9.66. The molecule has 1 amide bonds. The van der Waals surface area contributed by atoms with Gasteiger partial charge in [-0.2, -0.15) is 0 Å². The van der Waals surface area contributed by atoms with E-state index in [0.29, 0.717) is 15.6 Å². The number of ether oxygens (including phenoxy) is 1. The summed E-state index contributed by atoms with van der Waals surface area (Å²) in [6.45, 7) is 3.79. The molecule has 0 spiro atoms. The van der Waals surface area contributed by atoms with Crippen LogP contribution in [0, 0.1) is 0 Å². The van der Waals surface area contributed by atoms with E-state index >= 15 is 0 Å². The van der Waals surface area contributed by atoms with Crippen molar-refractivity contribution in [1.29, 1.82) is 0 Å². The average molecular weight is 502 g/mol. The van der Waals surface area contributed by atoms with Crippen LogP contribution >= 0.6 is 11.8 Å². The zero-order valence-electron chi connectivity index (χ0n) is 20.0. The van der Waals surface area contributed by atoms with Crippen molar-refractivity contribution in [2.45, 2.75) is 26.3 Å². The predicted octanol–water partition coefficient (Wildman–Crippen LogP) is 5.46. The van der Waals surface area contributed by atoms with E-state index < -0.39 is 5.97 Å². The molecular weight excluding hydrogens is 474 g/mol. The molecule has 0 bridgehead atoms. The summed E-state index contributed by atoms with van der Waals surface area (Å²) in [6, 6.07) is 17.1. The number of rotatable bonds is 6. The van der Waals surface area contributed by atoms with E-state index in [1.165, 1.54) is 11.8 Å². The van der Waals surface area contributed by atoms with Gasteiger partial charge in [-0.15, -0.1) is 0 Å². The summed E-state index contributed by atoms with van der Waals surface area (Å²) in [5, 5.41) is 12.4. The van der Waals surface area contributed by atoms with Crippen molar-refractivity contribution in [1.82, 2.24) is 9.47 Å². The largest absolute Gasteiger partial charge is 0.506 e. The van der Waals surface area contributed by atoms with Crippen molar-refractivity contribution < 1.29 is 19.4 Å². The summed E-state index contributed by atoms with van der Waals surface area (Å²) in [5.41, 5.74) is 2.52. The van der Waals surface area contributed by atoms with Crippen molar-refractivity contribution >= 4 is 51.3 Å². The minimum absolute atomic E-state index is 0.0601. The fourth-order valence-corrected chi connectivity index (χ4v) is 5.51. The highest BCUT2D eigenvalue weighted by Crippen LogP contribution is 2.41. The Labute approximate surface area is 213 Å². The number of aliphatic hydroxyl groups is 1. The molecule has 3 heterocycles. The van der Waals surface area contributed by atoms with E-state index in [-0.39, 0.29) is 30.4 Å². The number of aromatic nitrogens is 1.